The number of carbonyl (C=O) groups is 2. The van der Waals surface area contributed by atoms with Crippen molar-refractivity contribution in [1.29, 1.82) is 0 Å². The Kier molecular flexibility index (Phi) is 6.80. The molecule has 9 heteroatoms. The van der Waals surface area contributed by atoms with Gasteiger partial charge in [-0.25, -0.2) is 8.42 Å². The van der Waals surface area contributed by atoms with Gasteiger partial charge in [0.25, 0.3) is 5.91 Å². The smallest absolute Gasteiger partial charge is 0.252 e. The van der Waals surface area contributed by atoms with Crippen LogP contribution in [0.2, 0.25) is 5.02 Å². The number of rotatable bonds is 6. The van der Waals surface area contributed by atoms with Gasteiger partial charge in [-0.05, 0) is 42.5 Å². The van der Waals surface area contributed by atoms with Gasteiger partial charge in [-0.2, -0.15) is 0 Å². The van der Waals surface area contributed by atoms with Crippen LogP contribution < -0.4 is 10.6 Å². The fourth-order valence-corrected chi connectivity index (χ4v) is 3.17. The Balaban J connectivity index is 1.92. The van der Waals surface area contributed by atoms with E-state index in [1.807, 2.05) is 0 Å². The topological polar surface area (TPSA) is 92.3 Å². The zero-order valence-electron chi connectivity index (χ0n) is 13.8. The van der Waals surface area contributed by atoms with Gasteiger partial charge in [0.1, 0.15) is 0 Å². The Morgan fingerprint density at radius 3 is 2.38 bits per heavy atom. The molecule has 2 aromatic carbocycles. The van der Waals surface area contributed by atoms with Crippen molar-refractivity contribution in [3.63, 3.8) is 0 Å². The van der Waals surface area contributed by atoms with E-state index >= 15 is 0 Å². The van der Waals surface area contributed by atoms with Crippen LogP contribution in [0.15, 0.2) is 51.8 Å². The maximum Gasteiger partial charge on any atom is 0.252 e. The quantitative estimate of drug-likeness (QED) is 0.693. The Bertz CT molecular complexity index is 930. The standard InChI is InChI=1S/C17H16BrClN2O4S/c1-26(24,25)13-6-7-15(19)14(10-13)17(23)20-9-8-16(22)21-12-4-2-11(18)3-5-12/h2-7,10H,8-9H2,1H3,(H,20,23)(H,21,22). The summed E-state index contributed by atoms with van der Waals surface area (Å²) in [5.41, 5.74) is 0.691. The maximum atomic E-state index is 12.2. The molecule has 2 N–H and O–H groups in total. The molecule has 0 aromatic heterocycles. The fraction of sp³-hybridized carbons (Fsp3) is 0.176. The SMILES string of the molecule is CS(=O)(=O)c1ccc(Cl)c(C(=O)NCCC(=O)Nc2ccc(Br)cc2)c1. The van der Waals surface area contributed by atoms with Crippen LogP contribution in [0.3, 0.4) is 0 Å². The molecule has 26 heavy (non-hydrogen) atoms. The molecule has 0 atom stereocenters. The lowest BCUT2D eigenvalue weighted by Gasteiger charge is -2.09. The van der Waals surface area contributed by atoms with Crippen molar-refractivity contribution in [2.45, 2.75) is 11.3 Å². The van der Waals surface area contributed by atoms with E-state index in [9.17, 15) is 18.0 Å². The third-order valence-electron chi connectivity index (χ3n) is 3.38. The summed E-state index contributed by atoms with van der Waals surface area (Å²) in [5, 5.41) is 5.40. The second-order valence-corrected chi connectivity index (χ2v) is 8.81. The number of hydrogen-bond acceptors (Lipinski definition) is 4. The van der Waals surface area contributed by atoms with Gasteiger partial charge in [0, 0.05) is 29.4 Å². The molecule has 0 bridgehead atoms. The minimum Gasteiger partial charge on any atom is -0.351 e. The van der Waals surface area contributed by atoms with E-state index in [1.165, 1.54) is 18.2 Å². The largest absolute Gasteiger partial charge is 0.351 e. The highest BCUT2D eigenvalue weighted by Gasteiger charge is 2.15. The summed E-state index contributed by atoms with van der Waals surface area (Å²) in [6, 6.07) is 11.0. The summed E-state index contributed by atoms with van der Waals surface area (Å²) in [7, 11) is -3.45. The highest BCUT2D eigenvalue weighted by Crippen LogP contribution is 2.20. The summed E-state index contributed by atoms with van der Waals surface area (Å²) in [6.07, 6.45) is 1.11. The van der Waals surface area contributed by atoms with Crippen LogP contribution in [-0.4, -0.2) is 33.0 Å². The molecule has 0 aliphatic carbocycles. The molecular formula is C17H16BrClN2O4S. The molecule has 138 valence electrons. The first-order valence-electron chi connectivity index (χ1n) is 7.50. The second-order valence-electron chi connectivity index (χ2n) is 5.47. The van der Waals surface area contributed by atoms with Crippen LogP contribution in [0.1, 0.15) is 16.8 Å². The van der Waals surface area contributed by atoms with E-state index in [-0.39, 0.29) is 34.4 Å². The van der Waals surface area contributed by atoms with Crippen LogP contribution in [0.25, 0.3) is 0 Å². The van der Waals surface area contributed by atoms with E-state index in [0.29, 0.717) is 5.69 Å². The van der Waals surface area contributed by atoms with E-state index < -0.39 is 15.7 Å². The molecule has 2 rings (SSSR count). The average Bonchev–Trinajstić information content (AvgIpc) is 2.56. The Labute approximate surface area is 165 Å². The lowest BCUT2D eigenvalue weighted by atomic mass is 10.2. The number of anilines is 1. The number of sulfone groups is 1. The van der Waals surface area contributed by atoms with Gasteiger partial charge in [-0.3, -0.25) is 9.59 Å². The summed E-state index contributed by atoms with van der Waals surface area (Å²) in [6.45, 7) is 0.0840. The van der Waals surface area contributed by atoms with Crippen molar-refractivity contribution in [1.82, 2.24) is 5.32 Å². The van der Waals surface area contributed by atoms with Gasteiger partial charge in [-0.15, -0.1) is 0 Å². The zero-order valence-corrected chi connectivity index (χ0v) is 16.9. The Morgan fingerprint density at radius 2 is 1.77 bits per heavy atom. The van der Waals surface area contributed by atoms with Crippen molar-refractivity contribution in [3.8, 4) is 0 Å². The van der Waals surface area contributed by atoms with Crippen LogP contribution in [0.4, 0.5) is 5.69 Å². The second kappa shape index (κ2) is 8.66. The highest BCUT2D eigenvalue weighted by atomic mass is 79.9. The monoisotopic (exact) mass is 458 g/mol. The first-order valence-corrected chi connectivity index (χ1v) is 10.6. The van der Waals surface area contributed by atoms with Crippen molar-refractivity contribution < 1.29 is 18.0 Å². The molecule has 0 aliphatic rings. The average molecular weight is 460 g/mol. The van der Waals surface area contributed by atoms with Crippen molar-refractivity contribution >= 4 is 54.9 Å². The van der Waals surface area contributed by atoms with E-state index in [1.54, 1.807) is 24.3 Å². The number of hydrogen-bond donors (Lipinski definition) is 2. The molecular weight excluding hydrogens is 444 g/mol. The molecule has 0 unspecified atom stereocenters. The Hall–Kier alpha value is -1.90. The van der Waals surface area contributed by atoms with E-state index in [4.69, 9.17) is 11.6 Å². The molecule has 0 fully saturated rings. The van der Waals surface area contributed by atoms with Crippen LogP contribution in [-0.2, 0) is 14.6 Å². The molecule has 2 amide bonds. The summed E-state index contributed by atoms with van der Waals surface area (Å²) in [5.74, 6) is -0.805. The number of nitrogens with one attached hydrogen (secondary N) is 2. The third kappa shape index (κ3) is 5.82. The molecule has 0 saturated carbocycles. The molecule has 6 nitrogen and oxygen atoms in total. The molecule has 0 aliphatic heterocycles. The van der Waals surface area contributed by atoms with Crippen molar-refractivity contribution in [2.75, 3.05) is 18.1 Å². The van der Waals surface area contributed by atoms with Crippen LogP contribution in [0.5, 0.6) is 0 Å². The molecule has 2 aromatic rings. The minimum atomic E-state index is -3.45. The van der Waals surface area contributed by atoms with Gasteiger partial charge in [0.05, 0.1) is 15.5 Å². The normalized spacial score (nSPS) is 11.0. The van der Waals surface area contributed by atoms with Gasteiger partial charge in [0.2, 0.25) is 5.91 Å². The van der Waals surface area contributed by atoms with Crippen molar-refractivity contribution in [3.05, 3.63) is 57.5 Å². The first kappa shape index (κ1) is 20.4. The van der Waals surface area contributed by atoms with Crippen molar-refractivity contribution in [2.24, 2.45) is 0 Å². The summed E-state index contributed by atoms with van der Waals surface area (Å²) < 4.78 is 24.1. The van der Waals surface area contributed by atoms with Gasteiger partial charge < -0.3 is 10.6 Å². The predicted octanol–water partition coefficient (Wildman–Crippen LogP) is 3.26. The number of amides is 2. The summed E-state index contributed by atoms with van der Waals surface area (Å²) in [4.78, 5) is 24.1. The number of carbonyl (C=O) groups excluding carboxylic acids is 2. The lowest BCUT2D eigenvalue weighted by molar-refractivity contribution is -0.116. The maximum absolute atomic E-state index is 12.2. The fourth-order valence-electron chi connectivity index (χ4n) is 2.05. The van der Waals surface area contributed by atoms with Crippen LogP contribution in [0, 0.1) is 0 Å². The predicted molar refractivity (Wildman–Crippen MR) is 104 cm³/mol. The van der Waals surface area contributed by atoms with E-state index in [2.05, 4.69) is 26.6 Å². The third-order valence-corrected chi connectivity index (χ3v) is 5.34. The van der Waals surface area contributed by atoms with Crippen LogP contribution >= 0.6 is 27.5 Å². The molecule has 0 radical (unpaired) electrons. The summed E-state index contributed by atoms with van der Waals surface area (Å²) >= 11 is 9.27. The van der Waals surface area contributed by atoms with Gasteiger partial charge >= 0.3 is 0 Å². The molecule has 0 saturated heterocycles. The highest BCUT2D eigenvalue weighted by molar-refractivity contribution is 9.10. The molecule has 0 spiro atoms. The minimum absolute atomic E-state index is 0.0000291. The Morgan fingerprint density at radius 1 is 1.12 bits per heavy atom. The van der Waals surface area contributed by atoms with Gasteiger partial charge in [0.15, 0.2) is 9.84 Å². The van der Waals surface area contributed by atoms with E-state index in [0.717, 1.165) is 10.7 Å². The number of halogens is 2. The molecule has 0 heterocycles. The number of benzene rings is 2. The lowest BCUT2D eigenvalue weighted by Crippen LogP contribution is -2.28. The zero-order chi connectivity index (χ0) is 19.3. The van der Waals surface area contributed by atoms with Gasteiger partial charge in [-0.1, -0.05) is 27.5 Å². The first-order chi connectivity index (χ1) is 12.2.